The maximum absolute atomic E-state index is 13.3. The largest absolute Gasteiger partial charge is 0.341 e. The van der Waals surface area contributed by atoms with Gasteiger partial charge in [0, 0.05) is 62.1 Å². The molecule has 0 atom stereocenters. The van der Waals surface area contributed by atoms with E-state index in [-0.39, 0.29) is 17.3 Å². The molecule has 0 saturated carbocycles. The lowest BCUT2D eigenvalue weighted by molar-refractivity contribution is 0.103. The van der Waals surface area contributed by atoms with Gasteiger partial charge in [0.25, 0.3) is 0 Å². The highest BCUT2D eigenvalue weighted by Crippen LogP contribution is 2.32. The van der Waals surface area contributed by atoms with Crippen LogP contribution in [0.15, 0.2) is 89.8 Å². The number of rotatable bonds is 9. The molecule has 1 N–H and O–H groups in total. The first-order valence-corrected chi connectivity index (χ1v) is 13.8. The number of aromatic nitrogens is 1. The Morgan fingerprint density at radius 1 is 0.789 bits per heavy atom. The molecule has 0 aliphatic carbocycles. The highest BCUT2D eigenvalue weighted by Gasteiger charge is 2.18. The van der Waals surface area contributed by atoms with Crippen LogP contribution in [0.2, 0.25) is 0 Å². The van der Waals surface area contributed by atoms with Gasteiger partial charge in [0.2, 0.25) is 5.78 Å². The molecule has 0 bridgehead atoms. The minimum absolute atomic E-state index is 0.0115. The van der Waals surface area contributed by atoms with Crippen LogP contribution >= 0.6 is 11.8 Å². The first kappa shape index (κ1) is 25.7. The number of ketones is 2. The molecule has 38 heavy (non-hydrogen) atoms. The van der Waals surface area contributed by atoms with Crippen molar-refractivity contribution in [3.63, 3.8) is 0 Å². The van der Waals surface area contributed by atoms with Crippen LogP contribution < -0.4 is 0 Å². The van der Waals surface area contributed by atoms with Gasteiger partial charge >= 0.3 is 0 Å². The van der Waals surface area contributed by atoms with Gasteiger partial charge in [0.15, 0.2) is 5.78 Å². The van der Waals surface area contributed by atoms with Crippen molar-refractivity contribution < 1.29 is 9.59 Å². The molecule has 5 aromatic rings. The van der Waals surface area contributed by atoms with E-state index in [1.165, 1.54) is 10.5 Å². The zero-order chi connectivity index (χ0) is 26.8. The lowest BCUT2D eigenvalue weighted by Crippen LogP contribution is -2.14. The van der Waals surface area contributed by atoms with Crippen LogP contribution in [-0.4, -0.2) is 27.6 Å². The van der Waals surface area contributed by atoms with Gasteiger partial charge < -0.3 is 9.98 Å². The van der Waals surface area contributed by atoms with Gasteiger partial charge in [-0.1, -0.05) is 42.5 Å². The Bertz CT molecular complexity index is 1710. The maximum atomic E-state index is 13.3. The van der Waals surface area contributed by atoms with Crippen molar-refractivity contribution in [3.8, 4) is 0 Å². The van der Waals surface area contributed by atoms with Crippen molar-refractivity contribution >= 4 is 50.8 Å². The lowest BCUT2D eigenvalue weighted by Gasteiger charge is -2.07. The molecule has 190 valence electrons. The van der Waals surface area contributed by atoms with Gasteiger partial charge in [0.05, 0.1) is 5.71 Å². The van der Waals surface area contributed by atoms with Crippen molar-refractivity contribution in [3.05, 3.63) is 113 Å². The van der Waals surface area contributed by atoms with Gasteiger partial charge in [-0.2, -0.15) is 0 Å². The van der Waals surface area contributed by atoms with Crippen LogP contribution in [-0.2, 0) is 6.54 Å². The molecule has 0 fully saturated rings. The highest BCUT2D eigenvalue weighted by molar-refractivity contribution is 7.99. The quantitative estimate of drug-likeness (QED) is 0.122. The number of carbonyl (C=O) groups excluding carboxylic acids is 2. The van der Waals surface area contributed by atoms with Crippen molar-refractivity contribution in [2.24, 2.45) is 0 Å². The summed E-state index contributed by atoms with van der Waals surface area (Å²) in [6.07, 6.45) is 0.404. The number of fused-ring (bicyclic) bond motifs is 3. The second-order valence-corrected chi connectivity index (χ2v) is 10.7. The fourth-order valence-corrected chi connectivity index (χ4v) is 5.98. The molecule has 0 amide bonds. The summed E-state index contributed by atoms with van der Waals surface area (Å²) >= 11 is 1.67. The summed E-state index contributed by atoms with van der Waals surface area (Å²) < 4.78 is 2.20. The normalized spacial score (nSPS) is 11.2. The Balaban J connectivity index is 1.45. The van der Waals surface area contributed by atoms with Crippen LogP contribution in [0.4, 0.5) is 0 Å². The molecular formula is C33H30N2O2S. The summed E-state index contributed by atoms with van der Waals surface area (Å²) in [6, 6.07) is 27.3. The van der Waals surface area contributed by atoms with Crippen molar-refractivity contribution in [1.82, 2.24) is 4.57 Å². The first-order valence-electron chi connectivity index (χ1n) is 12.9. The highest BCUT2D eigenvalue weighted by atomic mass is 32.2. The molecule has 5 rings (SSSR count). The second-order valence-electron chi connectivity index (χ2n) is 9.52. The van der Waals surface area contributed by atoms with Gasteiger partial charge in [-0.15, -0.1) is 11.8 Å². The number of nitrogens with one attached hydrogen (secondary N) is 1. The summed E-state index contributed by atoms with van der Waals surface area (Å²) in [5, 5.41) is 10.3. The van der Waals surface area contributed by atoms with Crippen molar-refractivity contribution in [2.45, 2.75) is 38.6 Å². The van der Waals surface area contributed by atoms with E-state index in [2.05, 4.69) is 30.5 Å². The SMILES string of the molecule is CCn1c2ccc(C(=O)C(=N)CCSc3ccccc3C)cc2c2cc(C(=O)c3ccccc3C)ccc21. The minimum Gasteiger partial charge on any atom is -0.341 e. The third-order valence-corrected chi connectivity index (χ3v) is 8.25. The number of carbonyl (C=O) groups is 2. The molecule has 0 unspecified atom stereocenters. The monoisotopic (exact) mass is 518 g/mol. The second kappa shape index (κ2) is 10.8. The topological polar surface area (TPSA) is 62.9 Å². The summed E-state index contributed by atoms with van der Waals surface area (Å²) in [7, 11) is 0. The third-order valence-electron chi connectivity index (χ3n) is 7.07. The number of aryl methyl sites for hydroxylation is 3. The van der Waals surface area contributed by atoms with E-state index in [0.717, 1.165) is 33.9 Å². The van der Waals surface area contributed by atoms with Gasteiger partial charge in [-0.05, 0) is 74.4 Å². The molecule has 0 saturated heterocycles. The summed E-state index contributed by atoms with van der Waals surface area (Å²) in [4.78, 5) is 27.7. The average Bonchev–Trinajstić information content (AvgIpc) is 3.25. The lowest BCUT2D eigenvalue weighted by atomic mass is 9.97. The fourth-order valence-electron chi connectivity index (χ4n) is 4.98. The van der Waals surface area contributed by atoms with E-state index in [0.29, 0.717) is 28.9 Å². The van der Waals surface area contributed by atoms with E-state index in [4.69, 9.17) is 5.41 Å². The Kier molecular flexibility index (Phi) is 7.30. The van der Waals surface area contributed by atoms with Crippen LogP contribution in [0.25, 0.3) is 21.8 Å². The molecule has 4 nitrogen and oxygen atoms in total. The van der Waals surface area contributed by atoms with Gasteiger partial charge in [-0.3, -0.25) is 9.59 Å². The minimum atomic E-state index is -0.248. The Morgan fingerprint density at radius 2 is 1.39 bits per heavy atom. The van der Waals surface area contributed by atoms with Gasteiger partial charge in [-0.25, -0.2) is 0 Å². The summed E-state index contributed by atoms with van der Waals surface area (Å²) in [5.41, 5.74) is 6.13. The average molecular weight is 519 g/mol. The standard InChI is InChI=1S/C33H30N2O2S/c1-4-35-29-15-13-23(32(36)25-11-7-5-9-21(25)2)19-26(29)27-20-24(14-16-30(27)35)33(37)28(34)17-18-38-31-12-8-6-10-22(31)3/h5-16,19-20,34H,4,17-18H2,1-3H3. The van der Waals surface area contributed by atoms with Crippen LogP contribution in [0, 0.1) is 19.3 Å². The smallest absolute Gasteiger partial charge is 0.206 e. The third kappa shape index (κ3) is 4.82. The van der Waals surface area contributed by atoms with E-state index < -0.39 is 0 Å². The number of hydrogen-bond acceptors (Lipinski definition) is 4. The predicted molar refractivity (Wildman–Crippen MR) is 158 cm³/mol. The maximum Gasteiger partial charge on any atom is 0.206 e. The molecule has 5 heteroatoms. The Labute approximate surface area is 227 Å². The van der Waals surface area contributed by atoms with E-state index in [1.807, 2.05) is 79.7 Å². The Hall–Kier alpha value is -3.96. The number of nitrogens with zero attached hydrogens (tertiary/aromatic N) is 1. The molecule has 1 heterocycles. The van der Waals surface area contributed by atoms with Crippen LogP contribution in [0.1, 0.15) is 50.8 Å². The molecule has 0 aliphatic heterocycles. The molecule has 0 radical (unpaired) electrons. The van der Waals surface area contributed by atoms with Crippen molar-refractivity contribution in [2.75, 3.05) is 5.75 Å². The fraction of sp³-hybridized carbons (Fsp3) is 0.182. The molecule has 0 spiro atoms. The summed E-state index contributed by atoms with van der Waals surface area (Å²) in [5.74, 6) is 0.418. The number of hydrogen-bond donors (Lipinski definition) is 1. The molecule has 0 aliphatic rings. The molecule has 4 aromatic carbocycles. The molecule has 1 aromatic heterocycles. The predicted octanol–water partition coefficient (Wildman–Crippen LogP) is 8.05. The zero-order valence-corrected chi connectivity index (χ0v) is 22.7. The molecular weight excluding hydrogens is 488 g/mol. The number of thioether (sulfide) groups is 1. The Morgan fingerprint density at radius 3 is 2.05 bits per heavy atom. The first-order chi connectivity index (χ1) is 18.4. The van der Waals surface area contributed by atoms with Crippen molar-refractivity contribution in [1.29, 1.82) is 5.41 Å². The zero-order valence-electron chi connectivity index (χ0n) is 21.9. The number of benzene rings is 4. The summed E-state index contributed by atoms with van der Waals surface area (Å²) in [6.45, 7) is 6.87. The van der Waals surface area contributed by atoms with Crippen LogP contribution in [0.5, 0.6) is 0 Å². The van der Waals surface area contributed by atoms with E-state index in [9.17, 15) is 9.59 Å². The number of Topliss-reactive ketones (excluding diaryl/α,β-unsaturated/α-hetero) is 1. The van der Waals surface area contributed by atoms with E-state index in [1.54, 1.807) is 11.8 Å². The van der Waals surface area contributed by atoms with Crippen LogP contribution in [0.3, 0.4) is 0 Å². The van der Waals surface area contributed by atoms with E-state index >= 15 is 0 Å². The van der Waals surface area contributed by atoms with Gasteiger partial charge in [0.1, 0.15) is 0 Å².